The number of carbonyl (C=O) groups is 1. The second kappa shape index (κ2) is 5.15. The zero-order valence-corrected chi connectivity index (χ0v) is 11.4. The molecule has 0 saturated heterocycles. The van der Waals surface area contributed by atoms with Gasteiger partial charge >= 0.3 is 6.29 Å². The molecule has 1 aliphatic rings. The fourth-order valence-corrected chi connectivity index (χ4v) is 1.76. The Morgan fingerprint density at radius 2 is 1.85 bits per heavy atom. The maximum atomic E-state index is 12.9. The van der Waals surface area contributed by atoms with Crippen molar-refractivity contribution in [1.29, 1.82) is 0 Å². The third kappa shape index (κ3) is 3.28. The summed E-state index contributed by atoms with van der Waals surface area (Å²) in [4.78, 5) is 11.7. The van der Waals surface area contributed by atoms with Gasteiger partial charge in [-0.1, -0.05) is 0 Å². The van der Waals surface area contributed by atoms with Crippen molar-refractivity contribution in [3.8, 4) is 11.5 Å². The van der Waals surface area contributed by atoms with E-state index in [2.05, 4.69) is 20.1 Å². The van der Waals surface area contributed by atoms with E-state index >= 15 is 0 Å². The molecule has 5 nitrogen and oxygen atoms in total. The summed E-state index contributed by atoms with van der Waals surface area (Å²) in [5.74, 6) is -0.265. The van der Waals surface area contributed by atoms with E-state index in [4.69, 9.17) is 0 Å². The molecule has 1 heterocycles. The van der Waals surface area contributed by atoms with Crippen LogP contribution in [0.25, 0.3) is 0 Å². The molecule has 1 atom stereocenters. The van der Waals surface area contributed by atoms with Gasteiger partial charge in [-0.2, -0.15) is 0 Å². The monoisotopic (exact) mass is 286 g/mol. The minimum atomic E-state index is -3.64. The van der Waals surface area contributed by atoms with E-state index in [1.165, 1.54) is 12.1 Å². The molecule has 20 heavy (non-hydrogen) atoms. The topological polar surface area (TPSA) is 59.6 Å². The molecule has 110 valence electrons. The lowest BCUT2D eigenvalue weighted by molar-refractivity contribution is -0.286. The Morgan fingerprint density at radius 3 is 2.50 bits per heavy atom. The first kappa shape index (κ1) is 14.4. The molecule has 2 rings (SSSR count). The highest BCUT2D eigenvalue weighted by Crippen LogP contribution is 2.42. The lowest BCUT2D eigenvalue weighted by Crippen LogP contribution is -2.40. The number of benzene rings is 1. The van der Waals surface area contributed by atoms with Crippen LogP contribution in [0.15, 0.2) is 18.2 Å². The van der Waals surface area contributed by atoms with Crippen LogP contribution < -0.4 is 20.1 Å². The highest BCUT2D eigenvalue weighted by Gasteiger charge is 2.43. The number of rotatable bonds is 4. The second-order valence-electron chi connectivity index (χ2n) is 4.86. The predicted molar refractivity (Wildman–Crippen MR) is 69.0 cm³/mol. The molecule has 0 fully saturated rings. The quantitative estimate of drug-likeness (QED) is 0.892. The molecule has 1 aliphatic heterocycles. The highest BCUT2D eigenvalue weighted by atomic mass is 19.3. The summed E-state index contributed by atoms with van der Waals surface area (Å²) in [6.07, 6.45) is -3.64. The largest absolute Gasteiger partial charge is 0.586 e. The first-order valence-electron chi connectivity index (χ1n) is 6.23. The van der Waals surface area contributed by atoms with Gasteiger partial charge < -0.3 is 20.1 Å². The minimum Gasteiger partial charge on any atom is -0.395 e. The number of fused-ring (bicyclic) bond motifs is 1. The summed E-state index contributed by atoms with van der Waals surface area (Å²) in [5.41, 5.74) is 0.497. The van der Waals surface area contributed by atoms with Crippen molar-refractivity contribution in [3.63, 3.8) is 0 Å². The average Bonchev–Trinajstić information content (AvgIpc) is 2.61. The molecule has 0 saturated carbocycles. The number of carbonyl (C=O) groups excluding carboxylic acids is 1. The van der Waals surface area contributed by atoms with Crippen molar-refractivity contribution in [1.82, 2.24) is 5.32 Å². The van der Waals surface area contributed by atoms with Gasteiger partial charge in [-0.05, 0) is 32.9 Å². The number of hydrogen-bond acceptors (Lipinski definition) is 4. The number of ether oxygens (including phenoxy) is 2. The van der Waals surface area contributed by atoms with Crippen LogP contribution in [0.3, 0.4) is 0 Å². The number of alkyl halides is 2. The van der Waals surface area contributed by atoms with Crippen molar-refractivity contribution < 1.29 is 23.0 Å². The standard InChI is InChI=1S/C13H16F2N2O3/c1-7(2)16-12(18)8(3)17-9-4-5-10-11(6-9)20-13(14,15)19-10/h4-8,17H,1-3H3,(H,16,18). The number of hydrogen-bond donors (Lipinski definition) is 2. The Labute approximate surface area is 115 Å². The summed E-state index contributed by atoms with van der Waals surface area (Å²) in [5, 5.41) is 5.66. The van der Waals surface area contributed by atoms with Crippen LogP contribution in [0.2, 0.25) is 0 Å². The third-order valence-corrected chi connectivity index (χ3v) is 2.61. The molecule has 1 aromatic carbocycles. The van der Waals surface area contributed by atoms with Gasteiger partial charge in [0, 0.05) is 17.8 Å². The van der Waals surface area contributed by atoms with Crippen molar-refractivity contribution in [2.45, 2.75) is 39.1 Å². The number of amides is 1. The summed E-state index contributed by atoms with van der Waals surface area (Å²) >= 11 is 0. The van der Waals surface area contributed by atoms with E-state index in [0.717, 1.165) is 0 Å². The zero-order chi connectivity index (χ0) is 14.9. The number of halogens is 2. The lowest BCUT2D eigenvalue weighted by atomic mass is 10.2. The number of anilines is 1. The maximum Gasteiger partial charge on any atom is 0.586 e. The van der Waals surface area contributed by atoms with Gasteiger partial charge in [-0.25, -0.2) is 0 Å². The van der Waals surface area contributed by atoms with Crippen LogP contribution in [0.4, 0.5) is 14.5 Å². The van der Waals surface area contributed by atoms with Gasteiger partial charge in [0.2, 0.25) is 5.91 Å². The van der Waals surface area contributed by atoms with Gasteiger partial charge in [-0.3, -0.25) is 4.79 Å². The first-order chi connectivity index (χ1) is 9.27. The molecular formula is C13H16F2N2O3. The molecule has 1 unspecified atom stereocenters. The van der Waals surface area contributed by atoms with E-state index in [-0.39, 0.29) is 23.4 Å². The Kier molecular flexibility index (Phi) is 3.69. The Balaban J connectivity index is 2.03. The van der Waals surface area contributed by atoms with Crippen LogP contribution in [0.5, 0.6) is 11.5 Å². The van der Waals surface area contributed by atoms with Gasteiger partial charge in [-0.15, -0.1) is 8.78 Å². The molecule has 0 bridgehead atoms. The Bertz CT molecular complexity index is 520. The fraction of sp³-hybridized carbons (Fsp3) is 0.462. The van der Waals surface area contributed by atoms with Crippen molar-refractivity contribution in [3.05, 3.63) is 18.2 Å². The first-order valence-corrected chi connectivity index (χ1v) is 6.23. The van der Waals surface area contributed by atoms with Gasteiger partial charge in [0.05, 0.1) is 0 Å². The molecular weight excluding hydrogens is 270 g/mol. The predicted octanol–water partition coefficient (Wildman–Crippen LogP) is 2.33. The molecule has 0 spiro atoms. The maximum absolute atomic E-state index is 12.9. The Hall–Kier alpha value is -2.05. The smallest absolute Gasteiger partial charge is 0.395 e. The second-order valence-corrected chi connectivity index (χ2v) is 4.86. The van der Waals surface area contributed by atoms with Crippen LogP contribution in [0, 0.1) is 0 Å². The zero-order valence-electron chi connectivity index (χ0n) is 11.4. The van der Waals surface area contributed by atoms with Crippen LogP contribution in [-0.4, -0.2) is 24.3 Å². The molecule has 0 radical (unpaired) electrons. The SMILES string of the molecule is CC(C)NC(=O)C(C)Nc1ccc2c(c1)OC(F)(F)O2. The van der Waals surface area contributed by atoms with E-state index in [1.807, 2.05) is 13.8 Å². The van der Waals surface area contributed by atoms with Crippen LogP contribution >= 0.6 is 0 Å². The molecule has 0 aromatic heterocycles. The van der Waals surface area contributed by atoms with E-state index in [0.29, 0.717) is 5.69 Å². The van der Waals surface area contributed by atoms with Crippen molar-refractivity contribution >= 4 is 11.6 Å². The van der Waals surface area contributed by atoms with Crippen LogP contribution in [-0.2, 0) is 4.79 Å². The highest BCUT2D eigenvalue weighted by molar-refractivity contribution is 5.84. The van der Waals surface area contributed by atoms with Crippen molar-refractivity contribution in [2.75, 3.05) is 5.32 Å². The molecule has 7 heteroatoms. The van der Waals surface area contributed by atoms with Crippen LogP contribution in [0.1, 0.15) is 20.8 Å². The molecule has 1 amide bonds. The van der Waals surface area contributed by atoms with Gasteiger partial charge in [0.25, 0.3) is 0 Å². The third-order valence-electron chi connectivity index (χ3n) is 2.61. The van der Waals surface area contributed by atoms with E-state index < -0.39 is 12.3 Å². The fourth-order valence-electron chi connectivity index (χ4n) is 1.76. The minimum absolute atomic E-state index is 0.0279. The summed E-state index contributed by atoms with van der Waals surface area (Å²) in [6, 6.07) is 3.81. The van der Waals surface area contributed by atoms with Gasteiger partial charge in [0.15, 0.2) is 11.5 Å². The summed E-state index contributed by atoms with van der Waals surface area (Å²) in [6.45, 7) is 5.39. The van der Waals surface area contributed by atoms with Crippen molar-refractivity contribution in [2.24, 2.45) is 0 Å². The van der Waals surface area contributed by atoms with Gasteiger partial charge in [0.1, 0.15) is 6.04 Å². The lowest BCUT2D eigenvalue weighted by Gasteiger charge is -2.17. The molecule has 2 N–H and O–H groups in total. The van der Waals surface area contributed by atoms with E-state index in [9.17, 15) is 13.6 Å². The summed E-state index contributed by atoms with van der Waals surface area (Å²) < 4.78 is 34.4. The molecule has 0 aliphatic carbocycles. The van der Waals surface area contributed by atoms with E-state index in [1.54, 1.807) is 13.0 Å². The number of nitrogens with one attached hydrogen (secondary N) is 2. The average molecular weight is 286 g/mol. The normalized spacial score (nSPS) is 16.9. The summed E-state index contributed by atoms with van der Waals surface area (Å²) in [7, 11) is 0. The molecule has 1 aromatic rings. The Morgan fingerprint density at radius 1 is 1.20 bits per heavy atom.